The van der Waals surface area contributed by atoms with E-state index >= 15 is 0 Å². The molecular weight excluding hydrogens is 264 g/mol. The van der Waals surface area contributed by atoms with E-state index < -0.39 is 0 Å². The van der Waals surface area contributed by atoms with Crippen LogP contribution in [0.5, 0.6) is 11.6 Å². The predicted octanol–water partition coefficient (Wildman–Crippen LogP) is 2.16. The van der Waals surface area contributed by atoms with Crippen LogP contribution in [0.3, 0.4) is 0 Å². The van der Waals surface area contributed by atoms with E-state index in [9.17, 15) is 0 Å². The van der Waals surface area contributed by atoms with Crippen molar-refractivity contribution < 1.29 is 4.74 Å². The summed E-state index contributed by atoms with van der Waals surface area (Å²) in [4.78, 5) is 6.43. The van der Waals surface area contributed by atoms with Crippen molar-refractivity contribution in [3.05, 3.63) is 48.2 Å². The van der Waals surface area contributed by atoms with Crippen LogP contribution < -0.4 is 15.0 Å². The average molecular weight is 280 g/mol. The molecule has 1 aliphatic rings. The number of hydrogen-bond donors (Lipinski definition) is 1. The Balaban J connectivity index is 1.74. The molecule has 0 unspecified atom stereocenters. The lowest BCUT2D eigenvalue weighted by Gasteiger charge is -2.29. The van der Waals surface area contributed by atoms with Crippen molar-refractivity contribution in [1.82, 2.24) is 10.3 Å². The third kappa shape index (κ3) is 3.12. The van der Waals surface area contributed by atoms with Gasteiger partial charge in [0.25, 0.3) is 0 Å². The molecule has 5 nitrogen and oxygen atoms in total. The second-order valence-corrected chi connectivity index (χ2v) is 4.80. The molecule has 0 bridgehead atoms. The molecule has 1 aromatic carbocycles. The van der Waals surface area contributed by atoms with Gasteiger partial charge in [-0.05, 0) is 36.4 Å². The lowest BCUT2D eigenvalue weighted by Crippen LogP contribution is -2.43. The summed E-state index contributed by atoms with van der Waals surface area (Å²) in [6.45, 7) is 4.05. The number of nitriles is 1. The average Bonchev–Trinajstić information content (AvgIpc) is 2.57. The maximum absolute atomic E-state index is 9.03. The van der Waals surface area contributed by atoms with Crippen LogP contribution in [0.2, 0.25) is 0 Å². The van der Waals surface area contributed by atoms with E-state index in [0.717, 1.165) is 26.2 Å². The Bertz CT molecular complexity index is 642. The van der Waals surface area contributed by atoms with Gasteiger partial charge in [-0.2, -0.15) is 5.26 Å². The van der Waals surface area contributed by atoms with Crippen LogP contribution in [-0.2, 0) is 0 Å². The zero-order valence-electron chi connectivity index (χ0n) is 11.6. The number of aromatic nitrogens is 1. The largest absolute Gasteiger partial charge is 0.438 e. The molecule has 0 saturated carbocycles. The van der Waals surface area contributed by atoms with Gasteiger partial charge in [-0.1, -0.05) is 0 Å². The molecule has 0 spiro atoms. The highest BCUT2D eigenvalue weighted by molar-refractivity contribution is 5.50. The lowest BCUT2D eigenvalue weighted by molar-refractivity contribution is 0.461. The summed E-state index contributed by atoms with van der Waals surface area (Å²) < 4.78 is 5.68. The molecule has 0 aliphatic carbocycles. The molecule has 5 heteroatoms. The van der Waals surface area contributed by atoms with Crippen LogP contribution in [0.4, 0.5) is 5.69 Å². The molecule has 1 N–H and O–H groups in total. The number of hydrogen-bond acceptors (Lipinski definition) is 5. The van der Waals surface area contributed by atoms with Crippen LogP contribution in [0.15, 0.2) is 42.6 Å². The summed E-state index contributed by atoms with van der Waals surface area (Å²) >= 11 is 0. The fourth-order valence-electron chi connectivity index (χ4n) is 2.32. The first kappa shape index (κ1) is 13.4. The summed E-state index contributed by atoms with van der Waals surface area (Å²) in [6, 6.07) is 13.4. The number of ether oxygens (including phenoxy) is 1. The molecule has 1 saturated heterocycles. The first-order valence-electron chi connectivity index (χ1n) is 6.95. The van der Waals surface area contributed by atoms with Gasteiger partial charge in [0, 0.05) is 38.1 Å². The highest BCUT2D eigenvalue weighted by Gasteiger charge is 2.11. The van der Waals surface area contributed by atoms with Crippen molar-refractivity contribution >= 4 is 5.69 Å². The molecule has 0 amide bonds. The summed E-state index contributed by atoms with van der Waals surface area (Å²) in [5.41, 5.74) is 1.62. The van der Waals surface area contributed by atoms with Crippen molar-refractivity contribution in [1.29, 1.82) is 5.26 Å². The Morgan fingerprint density at radius 3 is 2.62 bits per heavy atom. The highest BCUT2D eigenvalue weighted by atomic mass is 16.5. The molecule has 0 radical (unpaired) electrons. The minimum atomic E-state index is 0.343. The van der Waals surface area contributed by atoms with Crippen molar-refractivity contribution in [2.24, 2.45) is 0 Å². The molecule has 21 heavy (non-hydrogen) atoms. The minimum absolute atomic E-state index is 0.343. The molecule has 1 aliphatic heterocycles. The molecule has 106 valence electrons. The molecular formula is C16H16N4O. The van der Waals surface area contributed by atoms with E-state index in [0.29, 0.717) is 17.2 Å². The first-order chi connectivity index (χ1) is 10.4. The minimum Gasteiger partial charge on any atom is -0.438 e. The van der Waals surface area contributed by atoms with Crippen molar-refractivity contribution in [3.63, 3.8) is 0 Å². The van der Waals surface area contributed by atoms with Gasteiger partial charge in [-0.3, -0.25) is 0 Å². The van der Waals surface area contributed by atoms with Gasteiger partial charge in [0.1, 0.15) is 17.4 Å². The van der Waals surface area contributed by atoms with Crippen LogP contribution in [0.25, 0.3) is 0 Å². The quantitative estimate of drug-likeness (QED) is 0.933. The van der Waals surface area contributed by atoms with Crippen molar-refractivity contribution in [3.8, 4) is 17.7 Å². The molecule has 2 aromatic rings. The standard InChI is InChI=1S/C16H16N4O/c17-12-13-2-1-7-19-16(13)21-15-5-3-14(4-6-15)20-10-8-18-9-11-20/h1-7,18H,8-11H2. The van der Waals surface area contributed by atoms with E-state index in [-0.39, 0.29) is 0 Å². The number of nitrogens with zero attached hydrogens (tertiary/aromatic N) is 3. The van der Waals surface area contributed by atoms with Crippen LogP contribution in [-0.4, -0.2) is 31.2 Å². The molecule has 1 fully saturated rings. The Labute approximate surface area is 123 Å². The maximum Gasteiger partial charge on any atom is 0.237 e. The normalized spacial score (nSPS) is 14.5. The molecule has 2 heterocycles. The van der Waals surface area contributed by atoms with Gasteiger partial charge in [-0.15, -0.1) is 0 Å². The van der Waals surface area contributed by atoms with E-state index in [4.69, 9.17) is 10.00 Å². The second kappa shape index (κ2) is 6.25. The third-order valence-electron chi connectivity index (χ3n) is 3.42. The summed E-state index contributed by atoms with van der Waals surface area (Å²) in [6.07, 6.45) is 1.62. The fourth-order valence-corrected chi connectivity index (χ4v) is 2.32. The Kier molecular flexibility index (Phi) is 3.99. The van der Waals surface area contributed by atoms with E-state index in [1.54, 1.807) is 18.3 Å². The highest BCUT2D eigenvalue weighted by Crippen LogP contribution is 2.25. The van der Waals surface area contributed by atoms with Crippen LogP contribution >= 0.6 is 0 Å². The molecule has 0 atom stereocenters. The van der Waals surface area contributed by atoms with E-state index in [2.05, 4.69) is 21.3 Å². The topological polar surface area (TPSA) is 61.2 Å². The Hall–Kier alpha value is -2.58. The maximum atomic E-state index is 9.03. The lowest BCUT2D eigenvalue weighted by atomic mass is 10.2. The predicted molar refractivity (Wildman–Crippen MR) is 80.6 cm³/mol. The SMILES string of the molecule is N#Cc1cccnc1Oc1ccc(N2CCNCC2)cc1. The Morgan fingerprint density at radius 2 is 1.90 bits per heavy atom. The van der Waals surface area contributed by atoms with E-state index in [1.807, 2.05) is 24.3 Å². The second-order valence-electron chi connectivity index (χ2n) is 4.80. The van der Waals surface area contributed by atoms with Crippen LogP contribution in [0, 0.1) is 11.3 Å². The fraction of sp³-hybridized carbons (Fsp3) is 0.250. The molecule has 3 rings (SSSR count). The van der Waals surface area contributed by atoms with Gasteiger partial charge in [0.2, 0.25) is 5.88 Å². The zero-order chi connectivity index (χ0) is 14.5. The summed E-state index contributed by atoms with van der Waals surface area (Å²) in [5, 5.41) is 12.4. The van der Waals surface area contributed by atoms with E-state index in [1.165, 1.54) is 5.69 Å². The Morgan fingerprint density at radius 1 is 1.14 bits per heavy atom. The third-order valence-corrected chi connectivity index (χ3v) is 3.42. The van der Waals surface area contributed by atoms with Gasteiger partial charge in [0.05, 0.1) is 0 Å². The monoisotopic (exact) mass is 280 g/mol. The van der Waals surface area contributed by atoms with Gasteiger partial charge >= 0.3 is 0 Å². The summed E-state index contributed by atoms with van der Waals surface area (Å²) in [5.74, 6) is 1.03. The van der Waals surface area contributed by atoms with Gasteiger partial charge in [0.15, 0.2) is 0 Å². The van der Waals surface area contributed by atoms with Crippen molar-refractivity contribution in [2.75, 3.05) is 31.1 Å². The number of pyridine rings is 1. The first-order valence-corrected chi connectivity index (χ1v) is 6.95. The van der Waals surface area contributed by atoms with Gasteiger partial charge < -0.3 is 15.0 Å². The summed E-state index contributed by atoms with van der Waals surface area (Å²) in [7, 11) is 0. The number of benzene rings is 1. The number of nitrogens with one attached hydrogen (secondary N) is 1. The van der Waals surface area contributed by atoms with Gasteiger partial charge in [-0.25, -0.2) is 4.98 Å². The van der Waals surface area contributed by atoms with Crippen LogP contribution in [0.1, 0.15) is 5.56 Å². The number of rotatable bonds is 3. The number of piperazine rings is 1. The number of anilines is 1. The molecule has 1 aromatic heterocycles. The van der Waals surface area contributed by atoms with Crippen molar-refractivity contribution in [2.45, 2.75) is 0 Å². The smallest absolute Gasteiger partial charge is 0.237 e. The zero-order valence-corrected chi connectivity index (χ0v) is 11.6.